The van der Waals surface area contributed by atoms with Crippen LogP contribution in [0.1, 0.15) is 33.5 Å². The van der Waals surface area contributed by atoms with Gasteiger partial charge in [0.2, 0.25) is 0 Å². The molecule has 0 spiro atoms. The fourth-order valence-corrected chi connectivity index (χ4v) is 5.52. The van der Waals surface area contributed by atoms with Gasteiger partial charge in [0.05, 0.1) is 31.1 Å². The first-order chi connectivity index (χ1) is 13.6. The number of nitrogens with one attached hydrogen (secondary N) is 1. The van der Waals surface area contributed by atoms with Gasteiger partial charge in [-0.15, -0.1) is 0 Å². The molecule has 6 heteroatoms. The largest absolute Gasteiger partial charge is 0.497 e. The molecule has 28 heavy (non-hydrogen) atoms. The first kappa shape index (κ1) is 17.3. The predicted molar refractivity (Wildman–Crippen MR) is 107 cm³/mol. The molecule has 1 aromatic carbocycles. The van der Waals surface area contributed by atoms with Gasteiger partial charge in [0, 0.05) is 37.8 Å². The molecule has 1 aromatic heterocycles. The van der Waals surface area contributed by atoms with Crippen LogP contribution in [0.4, 0.5) is 0 Å². The van der Waals surface area contributed by atoms with Gasteiger partial charge in [-0.2, -0.15) is 5.26 Å². The number of methoxy groups -OCH3 is 1. The average Bonchev–Trinajstić information content (AvgIpc) is 3.11. The zero-order chi connectivity index (χ0) is 19.4. The van der Waals surface area contributed by atoms with Crippen LogP contribution in [0, 0.1) is 23.2 Å². The van der Waals surface area contributed by atoms with Gasteiger partial charge in [-0.1, -0.05) is 18.2 Å². The maximum absolute atomic E-state index is 12.4. The minimum Gasteiger partial charge on any atom is -0.497 e. The molecule has 4 heterocycles. The van der Waals surface area contributed by atoms with E-state index in [0.29, 0.717) is 5.57 Å². The van der Waals surface area contributed by atoms with Crippen molar-refractivity contribution in [2.24, 2.45) is 11.8 Å². The average molecular weight is 381 g/mol. The van der Waals surface area contributed by atoms with E-state index in [1.54, 1.807) is 6.26 Å². The van der Waals surface area contributed by atoms with Crippen molar-refractivity contribution in [3.05, 3.63) is 47.4 Å². The number of benzene rings is 1. The monoisotopic (exact) mass is 381 g/mol. The molecule has 0 amide bonds. The molecule has 0 saturated carbocycles. The molecule has 1 saturated heterocycles. The van der Waals surface area contributed by atoms with Crippen LogP contribution in [0.2, 0.25) is 0 Å². The summed E-state index contributed by atoms with van der Waals surface area (Å²) in [6.45, 7) is 2.83. The van der Waals surface area contributed by atoms with Gasteiger partial charge in [0.25, 0.3) is 0 Å². The lowest BCUT2D eigenvalue weighted by Gasteiger charge is -2.51. The van der Waals surface area contributed by atoms with E-state index >= 15 is 0 Å². The van der Waals surface area contributed by atoms with E-state index in [9.17, 15) is 10.1 Å². The van der Waals surface area contributed by atoms with Crippen LogP contribution in [0.5, 0.6) is 0 Å². The summed E-state index contributed by atoms with van der Waals surface area (Å²) in [4.78, 5) is 18.3. The minimum absolute atomic E-state index is 0. The van der Waals surface area contributed by atoms with Gasteiger partial charge in [0.1, 0.15) is 12.1 Å². The highest BCUT2D eigenvalue weighted by Crippen LogP contribution is 2.50. The molecular weight excluding hydrogens is 354 g/mol. The quantitative estimate of drug-likeness (QED) is 0.764. The number of esters is 1. The molecule has 148 valence electrons. The second kappa shape index (κ2) is 6.39. The molecule has 2 aromatic rings. The third kappa shape index (κ3) is 2.33. The number of nitrogens with zero attached hydrogens (tertiary/aromatic N) is 2. The Kier molecular flexibility index (Phi) is 3.95. The Labute approximate surface area is 166 Å². The fourth-order valence-electron chi connectivity index (χ4n) is 5.52. The molecule has 5 rings (SSSR count). The number of hydrogen-bond donors (Lipinski definition) is 1. The van der Waals surface area contributed by atoms with Crippen molar-refractivity contribution in [2.75, 3.05) is 13.7 Å². The number of fused-ring (bicyclic) bond motifs is 6. The maximum Gasteiger partial charge on any atom is 0.337 e. The van der Waals surface area contributed by atoms with E-state index in [1.807, 2.05) is 13.0 Å². The maximum atomic E-state index is 12.4. The number of carbonyl (C=O) groups is 1. The Hall–Kier alpha value is -2.78. The molecule has 6 nitrogen and oxygen atoms in total. The Balaban J connectivity index is 0.00000128. The third-order valence-electron chi connectivity index (χ3n) is 6.77. The zero-order valence-electron chi connectivity index (χ0n) is 16.0. The van der Waals surface area contributed by atoms with Crippen molar-refractivity contribution in [1.82, 2.24) is 9.88 Å². The number of rotatable bonds is 1. The van der Waals surface area contributed by atoms with E-state index in [2.05, 4.69) is 34.2 Å². The van der Waals surface area contributed by atoms with Crippen LogP contribution in [0.15, 0.2) is 36.1 Å². The summed E-state index contributed by atoms with van der Waals surface area (Å²) in [5.74, 6) is -0.467. The lowest BCUT2D eigenvalue weighted by molar-refractivity contribution is -0.139. The zero-order valence-corrected chi connectivity index (χ0v) is 16.0. The normalized spacial score (nSPS) is 31.6. The number of carbonyl (C=O) groups excluding carboxylic acids is 1. The van der Waals surface area contributed by atoms with Crippen molar-refractivity contribution in [3.8, 4) is 6.07 Å². The molecule has 0 aliphatic carbocycles. The number of piperidine rings is 1. The van der Waals surface area contributed by atoms with E-state index in [1.165, 1.54) is 23.8 Å². The highest BCUT2D eigenvalue weighted by Gasteiger charge is 2.52. The Morgan fingerprint density at radius 1 is 1.43 bits per heavy atom. The number of H-pyrrole nitrogens is 1. The van der Waals surface area contributed by atoms with Gasteiger partial charge in [-0.25, -0.2) is 4.79 Å². The van der Waals surface area contributed by atoms with Gasteiger partial charge in [-0.05, 0) is 31.4 Å². The topological polar surface area (TPSA) is 78.3 Å². The molecule has 0 bridgehead atoms. The van der Waals surface area contributed by atoms with Crippen LogP contribution in [-0.2, 0) is 20.7 Å². The van der Waals surface area contributed by atoms with Crippen molar-refractivity contribution in [2.45, 2.75) is 38.0 Å². The first-order valence-electron chi connectivity index (χ1n) is 9.82. The molecule has 2 unspecified atom stereocenters. The van der Waals surface area contributed by atoms with E-state index < -0.39 is 0 Å². The lowest BCUT2D eigenvalue weighted by atomic mass is 9.68. The fraction of sp³-hybridized carbons (Fsp3) is 0.455. The second-order valence-electron chi connectivity index (χ2n) is 7.97. The molecule has 1 N–H and O–H groups in total. The predicted octanol–water partition coefficient (Wildman–Crippen LogP) is 3.56. The number of para-hydroxylation sites is 1. The summed E-state index contributed by atoms with van der Waals surface area (Å²) in [5.41, 5.74) is 4.22. The molecule has 3 aliphatic rings. The summed E-state index contributed by atoms with van der Waals surface area (Å²) in [6, 6.07) is 10.7. The van der Waals surface area contributed by atoms with Crippen molar-refractivity contribution in [3.63, 3.8) is 0 Å². The van der Waals surface area contributed by atoms with Gasteiger partial charge in [0.15, 0.2) is 0 Å². The summed E-state index contributed by atoms with van der Waals surface area (Å²) in [5, 5.41) is 11.3. The number of aromatic nitrogens is 1. The second-order valence-corrected chi connectivity index (χ2v) is 7.97. The Morgan fingerprint density at radius 2 is 2.25 bits per heavy atom. The summed E-state index contributed by atoms with van der Waals surface area (Å²) in [7, 11) is 1.39. The van der Waals surface area contributed by atoms with Crippen LogP contribution in [0.25, 0.3) is 10.9 Å². The van der Waals surface area contributed by atoms with Crippen molar-refractivity contribution >= 4 is 16.9 Å². The highest BCUT2D eigenvalue weighted by molar-refractivity contribution is 5.89. The summed E-state index contributed by atoms with van der Waals surface area (Å²) < 4.78 is 10.8. The number of hydrogen-bond acceptors (Lipinski definition) is 5. The number of ether oxygens (including phenoxy) is 2. The smallest absolute Gasteiger partial charge is 0.337 e. The molecule has 1 fully saturated rings. The highest BCUT2D eigenvalue weighted by atomic mass is 16.5. The summed E-state index contributed by atoms with van der Waals surface area (Å²) in [6.07, 6.45) is 3.13. The first-order valence-corrected chi connectivity index (χ1v) is 9.82. The lowest BCUT2D eigenvalue weighted by Crippen LogP contribution is -2.57. The van der Waals surface area contributed by atoms with Crippen LogP contribution >= 0.6 is 0 Å². The van der Waals surface area contributed by atoms with E-state index in [4.69, 9.17) is 9.47 Å². The van der Waals surface area contributed by atoms with E-state index in [-0.39, 0.29) is 38.8 Å². The van der Waals surface area contributed by atoms with Gasteiger partial charge >= 0.3 is 5.97 Å². The van der Waals surface area contributed by atoms with Crippen molar-refractivity contribution < 1.29 is 17.1 Å². The van der Waals surface area contributed by atoms with Crippen LogP contribution in [0.3, 0.4) is 0 Å². The van der Waals surface area contributed by atoms with Gasteiger partial charge < -0.3 is 14.5 Å². The Bertz CT molecular complexity index is 1030. The van der Waals surface area contributed by atoms with Crippen molar-refractivity contribution in [1.29, 1.82) is 5.26 Å². The molecule has 5 atom stereocenters. The standard InChI is InChI=1S/C22H23N3O3.2H2/c1-12-20-15(16(11-28-12)22(26)27-2)9-18-21-14(7-8-25(18)19(20)10-23)13-5-3-4-6-17(13)24-21;;/h3-6,11-12,15,18-20,24H,7-9H2,1-2H3;2*1H/t12-,15?,18?,19-,20-;;/m1../s1. The third-order valence-corrected chi connectivity index (χ3v) is 6.77. The molecular formula is C22H27N3O3. The minimum atomic E-state index is -0.361. The Morgan fingerprint density at radius 3 is 3.04 bits per heavy atom. The van der Waals surface area contributed by atoms with E-state index in [0.717, 1.165) is 24.9 Å². The van der Waals surface area contributed by atoms with Crippen LogP contribution < -0.4 is 0 Å². The van der Waals surface area contributed by atoms with Gasteiger partial charge in [-0.3, -0.25) is 4.90 Å². The SMILES string of the molecule is COC(=O)C1=CO[C@H](C)[C@@H]2C1CC1c3[nH]c4ccccc4c3CCN1[C@@H]2C#N.[HH].[HH]. The van der Waals surface area contributed by atoms with Crippen LogP contribution in [-0.4, -0.2) is 41.7 Å². The number of aromatic amines is 1. The molecule has 0 radical (unpaired) electrons. The summed E-state index contributed by atoms with van der Waals surface area (Å²) >= 11 is 0. The number of nitriles is 1. The molecule has 3 aliphatic heterocycles.